The van der Waals surface area contributed by atoms with Crippen LogP contribution in [0, 0.1) is 11.8 Å². The molecule has 112 valence electrons. The number of nitrogens with zero attached hydrogens (tertiary/aromatic N) is 1. The second-order valence-corrected chi connectivity index (χ2v) is 7.23. The van der Waals surface area contributed by atoms with Crippen LogP contribution in [0.1, 0.15) is 18.5 Å². The number of amides is 1. The summed E-state index contributed by atoms with van der Waals surface area (Å²) in [6.07, 6.45) is 2.55. The molecule has 1 saturated carbocycles. The zero-order chi connectivity index (χ0) is 14.2. The van der Waals surface area contributed by atoms with Gasteiger partial charge in [0.1, 0.15) is 5.82 Å². The van der Waals surface area contributed by atoms with E-state index in [0.29, 0.717) is 11.8 Å². The Labute approximate surface area is 128 Å². The van der Waals surface area contributed by atoms with Crippen molar-refractivity contribution in [3.05, 3.63) is 17.8 Å². The fourth-order valence-corrected chi connectivity index (χ4v) is 4.44. The van der Waals surface area contributed by atoms with Crippen molar-refractivity contribution in [2.24, 2.45) is 11.8 Å². The second kappa shape index (κ2) is 5.59. The molecule has 5 nitrogen and oxygen atoms in total. The predicted octanol–water partition coefficient (Wildman–Crippen LogP) is 1.21. The minimum Gasteiger partial charge on any atom is -0.316 e. The van der Waals surface area contributed by atoms with Crippen molar-refractivity contribution in [3.8, 4) is 0 Å². The third-order valence-corrected chi connectivity index (χ3v) is 5.81. The van der Waals surface area contributed by atoms with Crippen molar-refractivity contribution in [2.45, 2.75) is 30.3 Å². The summed E-state index contributed by atoms with van der Waals surface area (Å²) in [6.45, 7) is 3.15. The van der Waals surface area contributed by atoms with Crippen LogP contribution in [-0.4, -0.2) is 35.8 Å². The van der Waals surface area contributed by atoms with E-state index in [0.717, 1.165) is 34.8 Å². The monoisotopic (exact) mass is 304 g/mol. The van der Waals surface area contributed by atoms with Crippen LogP contribution in [-0.2, 0) is 11.3 Å². The minimum absolute atomic E-state index is 0.0428. The molecule has 3 N–H and O–H groups in total. The lowest BCUT2D eigenvalue weighted by Crippen LogP contribution is -2.29. The standard InChI is InChI=1S/C15H20N4OS/c20-14-8-21-13-2-1-11(18-15(13)19-14)7-17-12-3-9-5-16-6-10(9)4-12/h1-2,9-10,12,16-17H,3-8H2,(H,18,19,20)/t9-,10+,12?. The molecule has 3 aliphatic rings. The van der Waals surface area contributed by atoms with Gasteiger partial charge in [-0.2, -0.15) is 0 Å². The van der Waals surface area contributed by atoms with Gasteiger partial charge in [-0.05, 0) is 49.9 Å². The number of fused-ring (bicyclic) bond motifs is 2. The molecule has 0 aromatic carbocycles. The molecule has 6 heteroatoms. The van der Waals surface area contributed by atoms with Crippen molar-refractivity contribution in [3.63, 3.8) is 0 Å². The lowest BCUT2D eigenvalue weighted by Gasteiger charge is -2.17. The minimum atomic E-state index is 0.0428. The fourth-order valence-electron chi connectivity index (χ4n) is 3.68. The average Bonchev–Trinajstić information content (AvgIpc) is 3.05. The van der Waals surface area contributed by atoms with Crippen molar-refractivity contribution in [2.75, 3.05) is 24.2 Å². The molecule has 1 aromatic heterocycles. The highest BCUT2D eigenvalue weighted by Gasteiger charge is 2.36. The molecule has 2 fully saturated rings. The molecule has 2 aliphatic heterocycles. The normalized spacial score (nSPS) is 30.9. The lowest BCUT2D eigenvalue weighted by molar-refractivity contribution is -0.113. The van der Waals surface area contributed by atoms with Crippen LogP contribution in [0.2, 0.25) is 0 Å². The molecule has 1 unspecified atom stereocenters. The van der Waals surface area contributed by atoms with Gasteiger partial charge in [0.25, 0.3) is 0 Å². The van der Waals surface area contributed by atoms with Crippen LogP contribution < -0.4 is 16.0 Å². The molecule has 4 rings (SSSR count). The second-order valence-electron chi connectivity index (χ2n) is 6.21. The van der Waals surface area contributed by atoms with Crippen LogP contribution in [0.25, 0.3) is 0 Å². The molecule has 0 bridgehead atoms. The van der Waals surface area contributed by atoms with Gasteiger partial charge in [0, 0.05) is 12.6 Å². The van der Waals surface area contributed by atoms with E-state index in [1.54, 1.807) is 11.8 Å². The summed E-state index contributed by atoms with van der Waals surface area (Å²) in [6, 6.07) is 4.74. The van der Waals surface area contributed by atoms with E-state index in [-0.39, 0.29) is 5.91 Å². The van der Waals surface area contributed by atoms with Gasteiger partial charge in [-0.25, -0.2) is 4.98 Å². The number of hydrogen-bond acceptors (Lipinski definition) is 5. The summed E-state index contributed by atoms with van der Waals surface area (Å²) < 4.78 is 0. The van der Waals surface area contributed by atoms with Crippen LogP contribution >= 0.6 is 11.8 Å². The number of hydrogen-bond donors (Lipinski definition) is 3. The van der Waals surface area contributed by atoms with Crippen LogP contribution in [0.15, 0.2) is 17.0 Å². The van der Waals surface area contributed by atoms with Gasteiger partial charge in [-0.15, -0.1) is 11.8 Å². The molecule has 0 spiro atoms. The Morgan fingerprint density at radius 2 is 2.10 bits per heavy atom. The number of pyridine rings is 1. The topological polar surface area (TPSA) is 66.0 Å². The fraction of sp³-hybridized carbons (Fsp3) is 0.600. The highest BCUT2D eigenvalue weighted by atomic mass is 32.2. The number of carbonyl (C=O) groups excluding carboxylic acids is 1. The summed E-state index contributed by atoms with van der Waals surface area (Å²) in [4.78, 5) is 17.1. The average molecular weight is 304 g/mol. The van der Waals surface area contributed by atoms with E-state index in [9.17, 15) is 4.79 Å². The summed E-state index contributed by atoms with van der Waals surface area (Å²) in [7, 11) is 0. The maximum atomic E-state index is 11.4. The van der Waals surface area contributed by atoms with Gasteiger partial charge in [-0.1, -0.05) is 0 Å². The van der Waals surface area contributed by atoms with E-state index in [1.165, 1.54) is 25.9 Å². The quantitative estimate of drug-likeness (QED) is 0.783. The van der Waals surface area contributed by atoms with Crippen molar-refractivity contribution in [1.82, 2.24) is 15.6 Å². The Balaban J connectivity index is 1.37. The maximum absolute atomic E-state index is 11.4. The molecule has 3 heterocycles. The van der Waals surface area contributed by atoms with E-state index in [2.05, 4.69) is 33.1 Å². The number of anilines is 1. The van der Waals surface area contributed by atoms with Gasteiger partial charge in [0.15, 0.2) is 0 Å². The highest BCUT2D eigenvalue weighted by molar-refractivity contribution is 8.00. The molecular formula is C15H20N4OS. The molecule has 21 heavy (non-hydrogen) atoms. The van der Waals surface area contributed by atoms with E-state index in [4.69, 9.17) is 0 Å². The first-order chi connectivity index (χ1) is 10.3. The summed E-state index contributed by atoms with van der Waals surface area (Å²) >= 11 is 1.56. The van der Waals surface area contributed by atoms with Gasteiger partial charge in [0.2, 0.25) is 5.91 Å². The molecule has 1 amide bonds. The van der Waals surface area contributed by atoms with Gasteiger partial charge in [0.05, 0.1) is 16.3 Å². The maximum Gasteiger partial charge on any atom is 0.235 e. The van der Waals surface area contributed by atoms with Crippen LogP contribution in [0.5, 0.6) is 0 Å². The molecule has 3 atom stereocenters. The Kier molecular flexibility index (Phi) is 3.61. The Hall–Kier alpha value is -1.11. The van der Waals surface area contributed by atoms with E-state index < -0.39 is 0 Å². The van der Waals surface area contributed by atoms with Crippen molar-refractivity contribution in [1.29, 1.82) is 0 Å². The van der Waals surface area contributed by atoms with Crippen LogP contribution in [0.4, 0.5) is 5.82 Å². The first kappa shape index (κ1) is 13.5. The number of rotatable bonds is 3. The van der Waals surface area contributed by atoms with Crippen molar-refractivity contribution < 1.29 is 4.79 Å². The van der Waals surface area contributed by atoms with Crippen LogP contribution in [0.3, 0.4) is 0 Å². The Bertz CT molecular complexity index is 553. The highest BCUT2D eigenvalue weighted by Crippen LogP contribution is 2.34. The SMILES string of the molecule is O=C1CSc2ccc(CNC3C[C@H]4CNC[C@H]4C3)nc2N1. The number of carbonyl (C=O) groups is 1. The number of nitrogens with one attached hydrogen (secondary N) is 3. The predicted molar refractivity (Wildman–Crippen MR) is 83.3 cm³/mol. The van der Waals surface area contributed by atoms with E-state index in [1.807, 2.05) is 0 Å². The zero-order valence-electron chi connectivity index (χ0n) is 11.9. The lowest BCUT2D eigenvalue weighted by atomic mass is 10.0. The third-order valence-electron chi connectivity index (χ3n) is 4.76. The molecule has 1 aromatic rings. The number of thioether (sulfide) groups is 1. The molecular weight excluding hydrogens is 284 g/mol. The first-order valence-corrected chi connectivity index (χ1v) is 8.63. The summed E-state index contributed by atoms with van der Waals surface area (Å²) in [5.74, 6) is 2.97. The van der Waals surface area contributed by atoms with Gasteiger partial charge >= 0.3 is 0 Å². The van der Waals surface area contributed by atoms with Gasteiger partial charge < -0.3 is 16.0 Å². The summed E-state index contributed by atoms with van der Waals surface area (Å²) in [5.41, 5.74) is 1.01. The van der Waals surface area contributed by atoms with Crippen molar-refractivity contribution >= 4 is 23.5 Å². The zero-order valence-corrected chi connectivity index (χ0v) is 12.7. The smallest absolute Gasteiger partial charge is 0.235 e. The summed E-state index contributed by atoms with van der Waals surface area (Å²) in [5, 5.41) is 9.96. The first-order valence-electron chi connectivity index (χ1n) is 7.64. The Morgan fingerprint density at radius 3 is 2.90 bits per heavy atom. The molecule has 0 radical (unpaired) electrons. The Morgan fingerprint density at radius 1 is 1.29 bits per heavy atom. The van der Waals surface area contributed by atoms with Gasteiger partial charge in [-0.3, -0.25) is 4.79 Å². The molecule has 1 saturated heterocycles. The molecule has 1 aliphatic carbocycles. The largest absolute Gasteiger partial charge is 0.316 e. The third kappa shape index (κ3) is 2.80. The van der Waals surface area contributed by atoms with E-state index >= 15 is 0 Å². The number of aromatic nitrogens is 1.